The Morgan fingerprint density at radius 3 is 2.79 bits per heavy atom. The molecule has 3 N–H and O–H groups in total. The van der Waals surface area contributed by atoms with Gasteiger partial charge in [0.2, 0.25) is 5.88 Å². The Kier molecular flexibility index (Phi) is 5.87. The number of piperidine rings is 1. The molecule has 0 saturated carbocycles. The molecule has 1 saturated heterocycles. The van der Waals surface area contributed by atoms with Gasteiger partial charge in [-0.1, -0.05) is 6.07 Å². The lowest BCUT2D eigenvalue weighted by Crippen LogP contribution is -2.43. The molecule has 0 spiro atoms. The number of nitrogens with one attached hydrogen (secondary N) is 1. The number of fused-ring (bicyclic) bond motifs is 2. The van der Waals surface area contributed by atoms with Crippen LogP contribution in [-0.2, 0) is 6.54 Å². The fourth-order valence-electron chi connectivity index (χ4n) is 4.56. The lowest BCUT2D eigenvalue weighted by atomic mass is 9.97. The van der Waals surface area contributed by atoms with Gasteiger partial charge in [-0.15, -0.1) is 0 Å². The number of ether oxygens (including phenoxy) is 1. The number of anilines is 1. The monoisotopic (exact) mass is 460 g/mol. The number of carbonyl (C=O) groups is 1. The number of likely N-dealkylation sites (tertiary alicyclic amines) is 1. The van der Waals surface area contributed by atoms with Crippen molar-refractivity contribution in [2.45, 2.75) is 26.3 Å². The van der Waals surface area contributed by atoms with E-state index in [-0.39, 0.29) is 6.03 Å². The van der Waals surface area contributed by atoms with E-state index in [1.165, 1.54) is 6.33 Å². The summed E-state index contributed by atoms with van der Waals surface area (Å²) in [4.78, 5) is 27.0. The van der Waals surface area contributed by atoms with Gasteiger partial charge < -0.3 is 20.7 Å². The van der Waals surface area contributed by atoms with Crippen molar-refractivity contribution in [3.8, 4) is 17.1 Å². The molecule has 0 unspecified atom stereocenters. The van der Waals surface area contributed by atoms with Crippen molar-refractivity contribution in [3.05, 3.63) is 36.7 Å². The van der Waals surface area contributed by atoms with Crippen LogP contribution in [-0.4, -0.2) is 62.4 Å². The van der Waals surface area contributed by atoms with Crippen LogP contribution in [0.15, 0.2) is 36.7 Å². The second-order valence-electron chi connectivity index (χ2n) is 8.46. The summed E-state index contributed by atoms with van der Waals surface area (Å²) < 4.78 is 7.45. The predicted molar refractivity (Wildman–Crippen MR) is 130 cm³/mol. The fraction of sp³-hybridized carbons (Fsp3) is 0.375. The van der Waals surface area contributed by atoms with Crippen molar-refractivity contribution in [2.75, 3.05) is 32.5 Å². The van der Waals surface area contributed by atoms with Crippen molar-refractivity contribution in [1.82, 2.24) is 34.9 Å². The quantitative estimate of drug-likeness (QED) is 0.469. The van der Waals surface area contributed by atoms with E-state index in [9.17, 15) is 4.79 Å². The van der Waals surface area contributed by atoms with Gasteiger partial charge in [-0.2, -0.15) is 5.10 Å². The van der Waals surface area contributed by atoms with Crippen LogP contribution in [0.25, 0.3) is 33.2 Å². The molecule has 10 nitrogen and oxygen atoms in total. The van der Waals surface area contributed by atoms with Crippen molar-refractivity contribution in [2.24, 2.45) is 5.92 Å². The van der Waals surface area contributed by atoms with Crippen molar-refractivity contribution in [1.29, 1.82) is 0 Å². The highest BCUT2D eigenvalue weighted by Crippen LogP contribution is 2.33. The number of rotatable bonds is 5. The van der Waals surface area contributed by atoms with Gasteiger partial charge >= 0.3 is 6.03 Å². The highest BCUT2D eigenvalue weighted by molar-refractivity contribution is 5.99. The number of nitrogens with two attached hydrogens (primary N) is 1. The van der Waals surface area contributed by atoms with E-state index >= 15 is 0 Å². The summed E-state index contributed by atoms with van der Waals surface area (Å²) in [6.07, 6.45) is 3.30. The molecule has 3 aromatic heterocycles. The third-order valence-corrected chi connectivity index (χ3v) is 6.33. The Morgan fingerprint density at radius 1 is 1.21 bits per heavy atom. The van der Waals surface area contributed by atoms with Crippen LogP contribution in [0.5, 0.6) is 5.88 Å². The van der Waals surface area contributed by atoms with E-state index < -0.39 is 0 Å². The number of pyridine rings is 1. The zero-order valence-corrected chi connectivity index (χ0v) is 19.4. The Hall–Kier alpha value is -3.95. The lowest BCUT2D eigenvalue weighted by Gasteiger charge is -2.31. The summed E-state index contributed by atoms with van der Waals surface area (Å²) in [5.74, 6) is 1.41. The third-order valence-electron chi connectivity index (χ3n) is 6.33. The van der Waals surface area contributed by atoms with E-state index in [0.717, 1.165) is 59.1 Å². The molecule has 5 rings (SSSR count). The van der Waals surface area contributed by atoms with Gasteiger partial charge in [-0.05, 0) is 43.9 Å². The van der Waals surface area contributed by atoms with Gasteiger partial charge in [0.25, 0.3) is 0 Å². The average molecular weight is 461 g/mol. The Labute approximate surface area is 197 Å². The number of nitrogen functional groups attached to an aromatic ring is 1. The van der Waals surface area contributed by atoms with Gasteiger partial charge in [0, 0.05) is 43.7 Å². The summed E-state index contributed by atoms with van der Waals surface area (Å²) in [7, 11) is 1.66. The summed E-state index contributed by atoms with van der Waals surface area (Å²) in [6.45, 7) is 4.68. The van der Waals surface area contributed by atoms with Gasteiger partial charge in [-0.3, -0.25) is 0 Å². The van der Waals surface area contributed by atoms with Crippen LogP contribution >= 0.6 is 0 Å². The molecule has 1 fully saturated rings. The van der Waals surface area contributed by atoms with Crippen LogP contribution in [0.3, 0.4) is 0 Å². The average Bonchev–Trinajstić information content (AvgIpc) is 3.23. The maximum atomic E-state index is 11.9. The SMILES string of the molecule is CCOc1ccc2cc(-c3nn(CC4CCN(C(=O)NC)CC4)c4ncnc(N)c34)ccc2n1. The van der Waals surface area contributed by atoms with E-state index in [0.29, 0.717) is 30.8 Å². The molecule has 0 radical (unpaired) electrons. The summed E-state index contributed by atoms with van der Waals surface area (Å²) in [6, 6.07) is 9.85. The molecule has 0 aliphatic carbocycles. The summed E-state index contributed by atoms with van der Waals surface area (Å²) >= 11 is 0. The molecule has 176 valence electrons. The molecular formula is C24H28N8O2. The zero-order valence-electron chi connectivity index (χ0n) is 19.4. The summed E-state index contributed by atoms with van der Waals surface area (Å²) in [5, 5.41) is 9.38. The molecule has 2 amide bonds. The van der Waals surface area contributed by atoms with Gasteiger partial charge in [0.1, 0.15) is 17.8 Å². The van der Waals surface area contributed by atoms with Crippen LogP contribution in [0, 0.1) is 5.92 Å². The molecule has 10 heteroatoms. The maximum Gasteiger partial charge on any atom is 0.317 e. The Morgan fingerprint density at radius 2 is 2.03 bits per heavy atom. The maximum absolute atomic E-state index is 11.9. The van der Waals surface area contributed by atoms with Crippen molar-refractivity contribution < 1.29 is 9.53 Å². The zero-order chi connectivity index (χ0) is 23.7. The minimum absolute atomic E-state index is 0.0232. The third kappa shape index (κ3) is 4.07. The highest BCUT2D eigenvalue weighted by Gasteiger charge is 2.25. The first-order valence-electron chi connectivity index (χ1n) is 11.5. The lowest BCUT2D eigenvalue weighted by molar-refractivity contribution is 0.166. The molecule has 4 heterocycles. The number of aromatic nitrogens is 5. The van der Waals surface area contributed by atoms with Gasteiger partial charge in [0.05, 0.1) is 17.5 Å². The van der Waals surface area contributed by atoms with Gasteiger partial charge in [0.15, 0.2) is 5.65 Å². The van der Waals surface area contributed by atoms with Crippen molar-refractivity contribution in [3.63, 3.8) is 0 Å². The van der Waals surface area contributed by atoms with Crippen LogP contribution in [0.4, 0.5) is 10.6 Å². The Bertz CT molecular complexity index is 1340. The van der Waals surface area contributed by atoms with E-state index in [4.69, 9.17) is 15.6 Å². The minimum atomic E-state index is -0.0232. The highest BCUT2D eigenvalue weighted by atomic mass is 16.5. The van der Waals surface area contributed by atoms with Crippen LogP contribution < -0.4 is 15.8 Å². The molecule has 1 aliphatic rings. The topological polar surface area (TPSA) is 124 Å². The summed E-state index contributed by atoms with van der Waals surface area (Å²) in [5.41, 5.74) is 9.55. The van der Waals surface area contributed by atoms with Crippen LogP contribution in [0.2, 0.25) is 0 Å². The van der Waals surface area contributed by atoms with E-state index in [1.54, 1.807) is 7.05 Å². The standard InChI is InChI=1S/C24H28N8O2/c1-3-34-19-7-5-16-12-17(4-6-18(16)29-19)21-20-22(25)27-14-28-23(20)32(30-21)13-15-8-10-31(11-9-15)24(33)26-2/h4-7,12,14-15H,3,8-11,13H2,1-2H3,(H,26,33)(H2,25,27,28). The predicted octanol–water partition coefficient (Wildman–Crippen LogP) is 3.07. The number of hydrogen-bond acceptors (Lipinski definition) is 7. The molecule has 1 aliphatic heterocycles. The molecule has 0 bridgehead atoms. The minimum Gasteiger partial charge on any atom is -0.478 e. The molecule has 4 aromatic rings. The van der Waals surface area contributed by atoms with Crippen molar-refractivity contribution >= 4 is 33.8 Å². The van der Waals surface area contributed by atoms with E-state index in [2.05, 4.69) is 26.3 Å². The number of nitrogens with zero attached hydrogens (tertiary/aromatic N) is 6. The smallest absolute Gasteiger partial charge is 0.317 e. The molecule has 0 atom stereocenters. The first kappa shape index (κ1) is 21.9. The fourth-order valence-corrected chi connectivity index (χ4v) is 4.56. The Balaban J connectivity index is 1.47. The molecular weight excluding hydrogens is 432 g/mol. The number of hydrogen-bond donors (Lipinski definition) is 2. The largest absolute Gasteiger partial charge is 0.478 e. The second kappa shape index (κ2) is 9.12. The molecule has 1 aromatic carbocycles. The molecule has 34 heavy (non-hydrogen) atoms. The normalized spacial score (nSPS) is 14.6. The number of urea groups is 1. The number of benzene rings is 1. The number of carbonyl (C=O) groups excluding carboxylic acids is 1. The second-order valence-corrected chi connectivity index (χ2v) is 8.46. The first-order valence-corrected chi connectivity index (χ1v) is 11.5. The van der Waals surface area contributed by atoms with E-state index in [1.807, 2.05) is 40.8 Å². The van der Waals surface area contributed by atoms with Gasteiger partial charge in [-0.25, -0.2) is 24.4 Å². The first-order chi connectivity index (χ1) is 16.6. The van der Waals surface area contributed by atoms with Crippen LogP contribution in [0.1, 0.15) is 19.8 Å². The number of amides is 2.